The van der Waals surface area contributed by atoms with Crippen molar-refractivity contribution < 1.29 is 4.74 Å². The van der Waals surface area contributed by atoms with Gasteiger partial charge in [-0.25, -0.2) is 15.0 Å². The second-order valence-electron chi connectivity index (χ2n) is 7.38. The fourth-order valence-corrected chi connectivity index (χ4v) is 3.63. The molecule has 8 heteroatoms. The van der Waals surface area contributed by atoms with Gasteiger partial charge in [-0.3, -0.25) is 0 Å². The van der Waals surface area contributed by atoms with Crippen LogP contribution < -0.4 is 15.4 Å². The third-order valence-corrected chi connectivity index (χ3v) is 5.22. The maximum atomic E-state index is 9.72. The Balaban J connectivity index is 1.88. The number of pyridine rings is 2. The minimum Gasteiger partial charge on any atom is -0.497 e. The molecule has 1 unspecified atom stereocenters. The van der Waals surface area contributed by atoms with Gasteiger partial charge < -0.3 is 19.9 Å². The van der Waals surface area contributed by atoms with Crippen LogP contribution in [0.2, 0.25) is 0 Å². The van der Waals surface area contributed by atoms with Crippen molar-refractivity contribution in [2.45, 2.75) is 13.3 Å². The van der Waals surface area contributed by atoms with Gasteiger partial charge in [-0.05, 0) is 18.4 Å². The summed E-state index contributed by atoms with van der Waals surface area (Å²) in [4.78, 5) is 16.1. The summed E-state index contributed by atoms with van der Waals surface area (Å²) >= 11 is 0. The summed E-state index contributed by atoms with van der Waals surface area (Å²) in [6.45, 7) is 4.11. The summed E-state index contributed by atoms with van der Waals surface area (Å²) in [6.07, 6.45) is 4.65. The van der Waals surface area contributed by atoms with E-state index in [0.29, 0.717) is 45.8 Å². The second-order valence-corrected chi connectivity index (χ2v) is 7.38. The van der Waals surface area contributed by atoms with Gasteiger partial charge in [0.15, 0.2) is 5.82 Å². The summed E-state index contributed by atoms with van der Waals surface area (Å²) in [5, 5.41) is 9.72. The van der Waals surface area contributed by atoms with Crippen molar-refractivity contribution in [3.8, 4) is 34.7 Å². The lowest BCUT2D eigenvalue weighted by Gasteiger charge is -2.19. The molecule has 0 spiro atoms. The van der Waals surface area contributed by atoms with Gasteiger partial charge in [0.05, 0.1) is 18.5 Å². The summed E-state index contributed by atoms with van der Waals surface area (Å²) in [5.41, 5.74) is 8.42. The van der Waals surface area contributed by atoms with Crippen molar-refractivity contribution >= 4 is 11.5 Å². The average molecular weight is 389 g/mol. The Morgan fingerprint density at radius 1 is 1.24 bits per heavy atom. The number of aryl methyl sites for hydroxylation is 1. The molecular weight excluding hydrogens is 366 g/mol. The van der Waals surface area contributed by atoms with Crippen molar-refractivity contribution in [3.63, 3.8) is 0 Å². The van der Waals surface area contributed by atoms with Crippen LogP contribution in [0.15, 0.2) is 30.6 Å². The first-order valence-corrected chi connectivity index (χ1v) is 9.50. The third kappa shape index (κ3) is 3.47. The van der Waals surface area contributed by atoms with Crippen molar-refractivity contribution in [3.05, 3.63) is 36.2 Å². The number of nitrogen functional groups attached to an aromatic ring is 1. The number of methoxy groups -OCH3 is 1. The highest BCUT2D eigenvalue weighted by molar-refractivity contribution is 5.77. The van der Waals surface area contributed by atoms with E-state index in [-0.39, 0.29) is 0 Å². The van der Waals surface area contributed by atoms with Gasteiger partial charge in [-0.15, -0.1) is 0 Å². The van der Waals surface area contributed by atoms with Gasteiger partial charge in [-0.1, -0.05) is 6.92 Å². The Kier molecular flexibility index (Phi) is 4.80. The minimum atomic E-state index is 0.296. The summed E-state index contributed by atoms with van der Waals surface area (Å²) < 4.78 is 7.36. The van der Waals surface area contributed by atoms with E-state index in [0.717, 1.165) is 25.3 Å². The van der Waals surface area contributed by atoms with E-state index in [1.54, 1.807) is 25.4 Å². The van der Waals surface area contributed by atoms with Crippen LogP contribution in [0.4, 0.5) is 11.5 Å². The molecular formula is C21H23N7O. The highest BCUT2D eigenvalue weighted by atomic mass is 16.5. The second kappa shape index (κ2) is 7.43. The molecule has 1 saturated heterocycles. The lowest BCUT2D eigenvalue weighted by Crippen LogP contribution is -2.20. The van der Waals surface area contributed by atoms with Crippen LogP contribution in [0.5, 0.6) is 5.75 Å². The Bertz CT molecular complexity index is 1100. The lowest BCUT2D eigenvalue weighted by atomic mass is 10.1. The normalized spacial score (nSPS) is 16.1. The van der Waals surface area contributed by atoms with E-state index < -0.39 is 0 Å². The molecule has 29 heavy (non-hydrogen) atoms. The molecule has 3 aromatic heterocycles. The predicted molar refractivity (Wildman–Crippen MR) is 111 cm³/mol. The number of nitriles is 1. The molecule has 3 aromatic rings. The zero-order chi connectivity index (χ0) is 20.5. The Hall–Kier alpha value is -3.60. The molecule has 4 rings (SSSR count). The number of rotatable bonds is 4. The SMILES string of the molecule is COc1cc(-c2nc(-c3nccn3C)cc(N)c2C#N)nc(N2CCC(C)C2)c1. The van der Waals surface area contributed by atoms with Crippen LogP contribution in [0, 0.1) is 17.2 Å². The number of ether oxygens (including phenoxy) is 1. The van der Waals surface area contributed by atoms with Gasteiger partial charge in [-0.2, -0.15) is 5.26 Å². The molecule has 0 saturated carbocycles. The maximum absolute atomic E-state index is 9.72. The number of imidazole rings is 1. The monoisotopic (exact) mass is 389 g/mol. The van der Waals surface area contributed by atoms with Crippen LogP contribution in [0.3, 0.4) is 0 Å². The number of aromatic nitrogens is 4. The first-order valence-electron chi connectivity index (χ1n) is 9.50. The van der Waals surface area contributed by atoms with Gasteiger partial charge >= 0.3 is 0 Å². The van der Waals surface area contributed by atoms with Crippen LogP contribution in [0.1, 0.15) is 18.9 Å². The zero-order valence-electron chi connectivity index (χ0n) is 16.8. The fourth-order valence-electron chi connectivity index (χ4n) is 3.63. The molecule has 1 atom stereocenters. The summed E-state index contributed by atoms with van der Waals surface area (Å²) in [6, 6.07) is 7.55. The van der Waals surface area contributed by atoms with Crippen LogP contribution in [0.25, 0.3) is 22.9 Å². The van der Waals surface area contributed by atoms with Gasteiger partial charge in [0, 0.05) is 44.7 Å². The Morgan fingerprint density at radius 3 is 2.69 bits per heavy atom. The van der Waals surface area contributed by atoms with Gasteiger partial charge in [0.2, 0.25) is 0 Å². The highest BCUT2D eigenvalue weighted by Crippen LogP contribution is 2.33. The quantitative estimate of drug-likeness (QED) is 0.731. The average Bonchev–Trinajstić information content (AvgIpc) is 3.35. The Morgan fingerprint density at radius 2 is 2.07 bits per heavy atom. The number of hydrogen-bond donors (Lipinski definition) is 1. The molecule has 1 fully saturated rings. The van der Waals surface area contributed by atoms with Gasteiger partial charge in [0.25, 0.3) is 0 Å². The molecule has 4 heterocycles. The molecule has 148 valence electrons. The van der Waals surface area contributed by atoms with Crippen LogP contribution in [-0.4, -0.2) is 39.7 Å². The molecule has 2 N–H and O–H groups in total. The van der Waals surface area contributed by atoms with Crippen molar-refractivity contribution in [2.24, 2.45) is 13.0 Å². The van der Waals surface area contributed by atoms with E-state index in [1.165, 1.54) is 0 Å². The molecule has 8 nitrogen and oxygen atoms in total. The fraction of sp³-hybridized carbons (Fsp3) is 0.333. The van der Waals surface area contributed by atoms with E-state index in [1.807, 2.05) is 23.9 Å². The van der Waals surface area contributed by atoms with E-state index in [2.05, 4.69) is 22.9 Å². The molecule has 0 radical (unpaired) electrons. The topological polar surface area (TPSA) is 106 Å². The maximum Gasteiger partial charge on any atom is 0.158 e. The lowest BCUT2D eigenvalue weighted by molar-refractivity contribution is 0.414. The van der Waals surface area contributed by atoms with E-state index in [4.69, 9.17) is 20.4 Å². The smallest absolute Gasteiger partial charge is 0.158 e. The number of nitrogens with zero attached hydrogens (tertiary/aromatic N) is 6. The Labute approximate surface area is 169 Å². The predicted octanol–water partition coefficient (Wildman–Crippen LogP) is 2.85. The highest BCUT2D eigenvalue weighted by Gasteiger charge is 2.23. The van der Waals surface area contributed by atoms with E-state index in [9.17, 15) is 5.26 Å². The van der Waals surface area contributed by atoms with Crippen molar-refractivity contribution in [1.29, 1.82) is 5.26 Å². The molecule has 1 aliphatic heterocycles. The molecule has 0 aliphatic carbocycles. The standard InChI is InChI=1S/C21H23N7O/c1-13-4-6-28(12-13)19-9-14(29-3)8-17(25-19)20-15(11-22)16(23)10-18(26-20)21-24-5-7-27(21)2/h5,7-10,13H,4,6,12H2,1-3H3,(H2,23,26). The summed E-state index contributed by atoms with van der Waals surface area (Å²) in [5.74, 6) is 2.76. The first kappa shape index (κ1) is 18.7. The van der Waals surface area contributed by atoms with Gasteiger partial charge in [0.1, 0.15) is 34.6 Å². The molecule has 0 aromatic carbocycles. The number of anilines is 2. The van der Waals surface area contributed by atoms with Crippen LogP contribution >= 0.6 is 0 Å². The van der Waals surface area contributed by atoms with Crippen molar-refractivity contribution in [1.82, 2.24) is 19.5 Å². The summed E-state index contributed by atoms with van der Waals surface area (Å²) in [7, 11) is 3.50. The molecule has 0 amide bonds. The number of hydrogen-bond acceptors (Lipinski definition) is 7. The number of nitrogens with two attached hydrogens (primary N) is 1. The van der Waals surface area contributed by atoms with Crippen molar-refractivity contribution in [2.75, 3.05) is 30.8 Å². The first-order chi connectivity index (χ1) is 14.0. The van der Waals surface area contributed by atoms with E-state index >= 15 is 0 Å². The minimum absolute atomic E-state index is 0.296. The largest absolute Gasteiger partial charge is 0.497 e. The third-order valence-electron chi connectivity index (χ3n) is 5.22. The molecule has 1 aliphatic rings. The van der Waals surface area contributed by atoms with Crippen LogP contribution in [-0.2, 0) is 7.05 Å². The zero-order valence-corrected chi connectivity index (χ0v) is 16.8. The molecule has 0 bridgehead atoms.